The molecule has 12 atom stereocenters. The molecular formula is C27H42O3. The summed E-state index contributed by atoms with van der Waals surface area (Å²) in [5, 5.41) is 10.3. The molecule has 2 saturated heterocycles. The highest BCUT2D eigenvalue weighted by atomic mass is 16.7. The fraction of sp³-hybridized carbons (Fsp3) is 0.926. The van der Waals surface area contributed by atoms with Crippen molar-refractivity contribution in [2.24, 2.45) is 52.3 Å². The third kappa shape index (κ3) is 2.55. The summed E-state index contributed by atoms with van der Waals surface area (Å²) in [6.45, 7) is 10.7. The zero-order chi connectivity index (χ0) is 20.9. The molecular weight excluding hydrogens is 372 g/mol. The molecule has 6 aliphatic rings. The molecule has 0 radical (unpaired) electrons. The predicted octanol–water partition coefficient (Wildman–Crippen LogP) is 5.57. The summed E-state index contributed by atoms with van der Waals surface area (Å²) >= 11 is 0. The molecule has 3 saturated carbocycles. The molecule has 30 heavy (non-hydrogen) atoms. The molecule has 0 unspecified atom stereocenters. The van der Waals surface area contributed by atoms with Gasteiger partial charge in [0.25, 0.3) is 0 Å². The van der Waals surface area contributed by atoms with Gasteiger partial charge < -0.3 is 14.6 Å². The highest BCUT2D eigenvalue weighted by Gasteiger charge is 2.68. The summed E-state index contributed by atoms with van der Waals surface area (Å²) in [4.78, 5) is 0. The number of fused-ring (bicyclic) bond motifs is 7. The van der Waals surface area contributed by atoms with Crippen LogP contribution in [0.5, 0.6) is 0 Å². The molecule has 1 spiro atoms. The van der Waals surface area contributed by atoms with Gasteiger partial charge in [0.15, 0.2) is 5.79 Å². The van der Waals surface area contributed by atoms with Gasteiger partial charge in [0, 0.05) is 18.3 Å². The van der Waals surface area contributed by atoms with Crippen LogP contribution in [0.3, 0.4) is 0 Å². The van der Waals surface area contributed by atoms with Gasteiger partial charge in [-0.2, -0.15) is 0 Å². The third-order valence-electron chi connectivity index (χ3n) is 11.3. The van der Waals surface area contributed by atoms with E-state index in [9.17, 15) is 5.11 Å². The van der Waals surface area contributed by atoms with Crippen LogP contribution in [-0.2, 0) is 9.47 Å². The molecule has 3 nitrogen and oxygen atoms in total. The van der Waals surface area contributed by atoms with E-state index in [0.717, 1.165) is 37.7 Å². The van der Waals surface area contributed by atoms with E-state index in [2.05, 4.69) is 39.8 Å². The normalized spacial score (nSPS) is 62.0. The van der Waals surface area contributed by atoms with Gasteiger partial charge in [-0.15, -0.1) is 0 Å². The Morgan fingerprint density at radius 2 is 1.83 bits per heavy atom. The average molecular weight is 415 g/mol. The van der Waals surface area contributed by atoms with Crippen molar-refractivity contribution in [3.63, 3.8) is 0 Å². The summed E-state index contributed by atoms with van der Waals surface area (Å²) in [6.07, 6.45) is 15.0. The van der Waals surface area contributed by atoms with E-state index in [0.29, 0.717) is 41.1 Å². The summed E-state index contributed by atoms with van der Waals surface area (Å²) in [6, 6.07) is 0. The molecule has 5 fully saturated rings. The fourth-order valence-electron chi connectivity index (χ4n) is 9.60. The van der Waals surface area contributed by atoms with Gasteiger partial charge in [-0.05, 0) is 85.4 Å². The van der Waals surface area contributed by atoms with Crippen molar-refractivity contribution < 1.29 is 14.6 Å². The van der Waals surface area contributed by atoms with Gasteiger partial charge in [0.2, 0.25) is 0 Å². The van der Waals surface area contributed by atoms with Crippen molar-refractivity contribution in [1.29, 1.82) is 0 Å². The van der Waals surface area contributed by atoms with Crippen molar-refractivity contribution in [3.05, 3.63) is 12.2 Å². The zero-order valence-corrected chi connectivity index (χ0v) is 19.5. The lowest BCUT2D eigenvalue weighted by Gasteiger charge is -2.59. The van der Waals surface area contributed by atoms with Gasteiger partial charge in [0.05, 0.1) is 18.8 Å². The lowest BCUT2D eigenvalue weighted by atomic mass is 9.46. The number of hydrogen-bond acceptors (Lipinski definition) is 3. The van der Waals surface area contributed by atoms with Crippen LogP contribution in [0.2, 0.25) is 0 Å². The Labute approximate surface area is 183 Å². The van der Waals surface area contributed by atoms with Gasteiger partial charge >= 0.3 is 0 Å². The van der Waals surface area contributed by atoms with Crippen LogP contribution in [0.15, 0.2) is 12.2 Å². The van der Waals surface area contributed by atoms with E-state index >= 15 is 0 Å². The Morgan fingerprint density at radius 1 is 1.00 bits per heavy atom. The SMILES string of the molecule is C[C@@H]1CC[C@@]2(OC1)O[C@H]1C[C@H]3[C@@H]4CC[C@H]5C[C@@H](O)CC[C@]5(C)[C@H]4C=C[C@]3(C)[C@H]1[C@@H]2C. The molecule has 2 heterocycles. The second-order valence-electron chi connectivity index (χ2n) is 12.7. The lowest BCUT2D eigenvalue weighted by Crippen LogP contribution is -2.53. The minimum atomic E-state index is -0.316. The van der Waals surface area contributed by atoms with E-state index in [1.807, 2.05) is 0 Å². The van der Waals surface area contributed by atoms with Crippen molar-refractivity contribution in [1.82, 2.24) is 0 Å². The van der Waals surface area contributed by atoms with E-state index in [-0.39, 0.29) is 17.3 Å². The molecule has 0 bridgehead atoms. The molecule has 6 rings (SSSR count). The number of aliphatic hydroxyl groups is 1. The topological polar surface area (TPSA) is 38.7 Å². The molecule has 2 aliphatic heterocycles. The molecule has 0 aromatic rings. The van der Waals surface area contributed by atoms with Gasteiger partial charge in [0.1, 0.15) is 0 Å². The summed E-state index contributed by atoms with van der Waals surface area (Å²) in [5.74, 6) is 4.34. The first-order chi connectivity index (χ1) is 14.3. The Balaban J connectivity index is 1.30. The van der Waals surface area contributed by atoms with Crippen LogP contribution in [0, 0.1) is 52.3 Å². The maximum absolute atomic E-state index is 10.3. The first-order valence-electron chi connectivity index (χ1n) is 13.0. The quantitative estimate of drug-likeness (QED) is 0.527. The van der Waals surface area contributed by atoms with Crippen LogP contribution in [-0.4, -0.2) is 29.7 Å². The molecule has 1 N–H and O–H groups in total. The van der Waals surface area contributed by atoms with E-state index in [1.54, 1.807) is 0 Å². The maximum Gasteiger partial charge on any atom is 0.171 e. The van der Waals surface area contributed by atoms with Crippen LogP contribution < -0.4 is 0 Å². The Bertz CT molecular complexity index is 724. The Kier molecular flexibility index (Phi) is 4.44. The summed E-state index contributed by atoms with van der Waals surface area (Å²) < 4.78 is 13.3. The third-order valence-corrected chi connectivity index (χ3v) is 11.3. The lowest BCUT2D eigenvalue weighted by molar-refractivity contribution is -0.272. The van der Waals surface area contributed by atoms with E-state index in [4.69, 9.17) is 9.47 Å². The molecule has 0 amide bonds. The Hall–Kier alpha value is -0.380. The largest absolute Gasteiger partial charge is 0.393 e. The first-order valence-corrected chi connectivity index (χ1v) is 13.0. The van der Waals surface area contributed by atoms with Crippen LogP contribution in [0.1, 0.15) is 79.1 Å². The number of aliphatic hydroxyl groups excluding tert-OH is 1. The van der Waals surface area contributed by atoms with Gasteiger partial charge in [-0.1, -0.05) is 39.8 Å². The number of hydrogen-bond donors (Lipinski definition) is 1. The predicted molar refractivity (Wildman–Crippen MR) is 118 cm³/mol. The van der Waals surface area contributed by atoms with Crippen LogP contribution >= 0.6 is 0 Å². The smallest absolute Gasteiger partial charge is 0.171 e. The number of allylic oxidation sites excluding steroid dienone is 2. The van der Waals surface area contributed by atoms with Crippen molar-refractivity contribution in [3.8, 4) is 0 Å². The monoisotopic (exact) mass is 414 g/mol. The number of rotatable bonds is 0. The van der Waals surface area contributed by atoms with E-state index in [1.165, 1.54) is 32.1 Å². The minimum Gasteiger partial charge on any atom is -0.393 e. The maximum atomic E-state index is 10.3. The van der Waals surface area contributed by atoms with Gasteiger partial charge in [-0.3, -0.25) is 0 Å². The zero-order valence-electron chi connectivity index (χ0n) is 19.5. The van der Waals surface area contributed by atoms with Crippen molar-refractivity contribution in [2.45, 2.75) is 97.1 Å². The highest BCUT2D eigenvalue weighted by molar-refractivity contribution is 5.24. The van der Waals surface area contributed by atoms with Crippen LogP contribution in [0.25, 0.3) is 0 Å². The highest BCUT2D eigenvalue weighted by Crippen LogP contribution is 2.69. The van der Waals surface area contributed by atoms with Gasteiger partial charge in [-0.25, -0.2) is 0 Å². The molecule has 0 aromatic carbocycles. The first kappa shape index (κ1) is 20.2. The molecule has 168 valence electrons. The minimum absolute atomic E-state index is 0.0630. The Morgan fingerprint density at radius 3 is 2.60 bits per heavy atom. The van der Waals surface area contributed by atoms with Crippen molar-refractivity contribution in [2.75, 3.05) is 6.61 Å². The van der Waals surface area contributed by atoms with Crippen LogP contribution in [0.4, 0.5) is 0 Å². The molecule has 3 heteroatoms. The average Bonchev–Trinajstić information content (AvgIpc) is 3.16. The second-order valence-corrected chi connectivity index (χ2v) is 12.7. The van der Waals surface area contributed by atoms with E-state index < -0.39 is 0 Å². The summed E-state index contributed by atoms with van der Waals surface area (Å²) in [7, 11) is 0. The standard InChI is InChI=1S/C27H42O3/c1-16-7-12-27(29-15-16)17(2)24-23(30-27)14-22-20-6-5-18-13-19(28)8-10-25(18,3)21(20)9-11-26(22,24)4/h9,11,16-24,28H,5-8,10,12-15H2,1-4H3/t16-,17+,18+,19+,20-,21+,22+,23+,24+,25+,26+,27-/m1/s1. The van der Waals surface area contributed by atoms with Crippen molar-refractivity contribution >= 4 is 0 Å². The molecule has 4 aliphatic carbocycles. The number of ether oxygens (including phenoxy) is 2. The second kappa shape index (κ2) is 6.58. The molecule has 0 aromatic heterocycles. The summed E-state index contributed by atoms with van der Waals surface area (Å²) in [5.41, 5.74) is 0.631. The fourth-order valence-corrected chi connectivity index (χ4v) is 9.60.